The molecular formula is C11H14N2O. The molecule has 0 saturated carbocycles. The van der Waals surface area contributed by atoms with Crippen LogP contribution in [0.5, 0.6) is 0 Å². The van der Waals surface area contributed by atoms with Crippen LogP contribution >= 0.6 is 0 Å². The lowest BCUT2D eigenvalue weighted by Crippen LogP contribution is -2.42. The fourth-order valence-corrected chi connectivity index (χ4v) is 1.49. The molecule has 1 aromatic carbocycles. The summed E-state index contributed by atoms with van der Waals surface area (Å²) in [5, 5.41) is 4.06. The monoisotopic (exact) mass is 190 g/mol. The molecule has 0 unspecified atom stereocenters. The van der Waals surface area contributed by atoms with Crippen molar-refractivity contribution in [2.24, 2.45) is 5.16 Å². The molecule has 3 heteroatoms. The minimum Gasteiger partial charge on any atom is -0.397 e. The van der Waals surface area contributed by atoms with Gasteiger partial charge in [0, 0.05) is 18.7 Å². The van der Waals surface area contributed by atoms with E-state index in [9.17, 15) is 0 Å². The summed E-state index contributed by atoms with van der Waals surface area (Å²) in [6.07, 6.45) is 1.25. The number of nitrogens with zero attached hydrogens (tertiary/aromatic N) is 2. The quantitative estimate of drug-likeness (QED) is 0.403. The van der Waals surface area contributed by atoms with Gasteiger partial charge in [0.1, 0.15) is 7.11 Å². The van der Waals surface area contributed by atoms with Crippen molar-refractivity contribution in [3.63, 3.8) is 0 Å². The molecule has 0 bridgehead atoms. The van der Waals surface area contributed by atoms with Crippen LogP contribution in [0.25, 0.3) is 0 Å². The van der Waals surface area contributed by atoms with E-state index in [-0.39, 0.29) is 0 Å². The molecule has 1 saturated heterocycles. The Kier molecular flexibility index (Phi) is 2.68. The molecule has 0 N–H and O–H groups in total. The van der Waals surface area contributed by atoms with Gasteiger partial charge in [-0.3, -0.25) is 0 Å². The van der Waals surface area contributed by atoms with Crippen molar-refractivity contribution in [1.29, 1.82) is 0 Å². The molecule has 3 nitrogen and oxygen atoms in total. The average molecular weight is 190 g/mol. The van der Waals surface area contributed by atoms with Crippen molar-refractivity contribution >= 4 is 5.84 Å². The largest absolute Gasteiger partial charge is 0.397 e. The smallest absolute Gasteiger partial charge is 0.175 e. The highest BCUT2D eigenvalue weighted by Crippen LogP contribution is 2.13. The zero-order valence-corrected chi connectivity index (χ0v) is 8.31. The molecule has 0 amide bonds. The van der Waals surface area contributed by atoms with Gasteiger partial charge in [0.25, 0.3) is 0 Å². The summed E-state index contributed by atoms with van der Waals surface area (Å²) in [5.74, 6) is 0.944. The molecule has 0 aromatic heterocycles. The van der Waals surface area contributed by atoms with E-state index < -0.39 is 0 Å². The van der Waals surface area contributed by atoms with Gasteiger partial charge in [0.2, 0.25) is 0 Å². The van der Waals surface area contributed by atoms with E-state index in [4.69, 9.17) is 4.84 Å². The zero-order chi connectivity index (χ0) is 9.80. The maximum atomic E-state index is 4.86. The molecule has 14 heavy (non-hydrogen) atoms. The molecular weight excluding hydrogens is 176 g/mol. The first-order chi connectivity index (χ1) is 6.92. The molecule has 1 heterocycles. The van der Waals surface area contributed by atoms with E-state index in [1.165, 1.54) is 6.42 Å². The normalized spacial score (nSPS) is 16.4. The predicted molar refractivity (Wildman–Crippen MR) is 56.2 cm³/mol. The van der Waals surface area contributed by atoms with Crippen LogP contribution in [0.3, 0.4) is 0 Å². The highest BCUT2D eigenvalue weighted by molar-refractivity contribution is 5.98. The van der Waals surface area contributed by atoms with E-state index in [1.807, 2.05) is 18.2 Å². The molecule has 1 aliphatic heterocycles. The molecule has 0 radical (unpaired) electrons. The molecule has 74 valence electrons. The third kappa shape index (κ3) is 1.71. The highest BCUT2D eigenvalue weighted by Gasteiger charge is 2.20. The molecule has 1 aliphatic rings. The van der Waals surface area contributed by atoms with Gasteiger partial charge in [-0.05, 0) is 6.42 Å². The second-order valence-electron chi connectivity index (χ2n) is 3.30. The van der Waals surface area contributed by atoms with Crippen LogP contribution in [0.15, 0.2) is 35.5 Å². The molecule has 0 atom stereocenters. The van der Waals surface area contributed by atoms with Crippen LogP contribution in [-0.2, 0) is 4.84 Å². The Hall–Kier alpha value is -1.51. The van der Waals surface area contributed by atoms with Crippen molar-refractivity contribution in [2.45, 2.75) is 6.42 Å². The Morgan fingerprint density at radius 1 is 1.29 bits per heavy atom. The van der Waals surface area contributed by atoms with E-state index in [2.05, 4.69) is 22.2 Å². The van der Waals surface area contributed by atoms with Gasteiger partial charge < -0.3 is 9.74 Å². The van der Waals surface area contributed by atoms with Gasteiger partial charge in [-0.15, -0.1) is 0 Å². The number of hydrogen-bond donors (Lipinski definition) is 0. The summed E-state index contributed by atoms with van der Waals surface area (Å²) >= 11 is 0. The third-order valence-electron chi connectivity index (χ3n) is 2.37. The Morgan fingerprint density at radius 3 is 2.50 bits per heavy atom. The lowest BCUT2D eigenvalue weighted by Gasteiger charge is -2.33. The zero-order valence-electron chi connectivity index (χ0n) is 8.31. The van der Waals surface area contributed by atoms with Crippen molar-refractivity contribution in [3.8, 4) is 0 Å². The number of benzene rings is 1. The minimum absolute atomic E-state index is 0.944. The van der Waals surface area contributed by atoms with E-state index >= 15 is 0 Å². The fourth-order valence-electron chi connectivity index (χ4n) is 1.49. The summed E-state index contributed by atoms with van der Waals surface area (Å²) in [5.41, 5.74) is 1.12. The number of hydrogen-bond acceptors (Lipinski definition) is 2. The minimum atomic E-state index is 0.944. The highest BCUT2D eigenvalue weighted by atomic mass is 16.6. The van der Waals surface area contributed by atoms with Gasteiger partial charge in [0.05, 0.1) is 0 Å². The number of oxime groups is 1. The summed E-state index contributed by atoms with van der Waals surface area (Å²) in [7, 11) is 1.59. The van der Waals surface area contributed by atoms with Crippen LogP contribution in [0, 0.1) is 0 Å². The lowest BCUT2D eigenvalue weighted by molar-refractivity contribution is 0.197. The number of rotatable bonds is 2. The van der Waals surface area contributed by atoms with Crippen molar-refractivity contribution < 1.29 is 4.84 Å². The van der Waals surface area contributed by atoms with Crippen LogP contribution < -0.4 is 0 Å². The first-order valence-electron chi connectivity index (χ1n) is 4.83. The van der Waals surface area contributed by atoms with Crippen LogP contribution in [0.1, 0.15) is 12.0 Å². The molecule has 0 spiro atoms. The Labute approximate surface area is 84.0 Å². The molecule has 1 fully saturated rings. The van der Waals surface area contributed by atoms with Crippen LogP contribution in [0.4, 0.5) is 0 Å². The Balaban J connectivity index is 2.22. The maximum Gasteiger partial charge on any atom is 0.175 e. The lowest BCUT2D eigenvalue weighted by atomic mass is 10.1. The summed E-state index contributed by atoms with van der Waals surface area (Å²) in [4.78, 5) is 7.08. The maximum absolute atomic E-state index is 4.86. The first kappa shape index (κ1) is 9.06. The standard InChI is InChI=1S/C11H14N2O/c1-14-12-11(13-8-5-9-13)10-6-3-2-4-7-10/h2-4,6-7H,5,8-9H2,1H3/b12-11+. The van der Waals surface area contributed by atoms with Crippen molar-refractivity contribution in [1.82, 2.24) is 4.90 Å². The summed E-state index contributed by atoms with van der Waals surface area (Å²) < 4.78 is 0. The molecule has 0 aliphatic carbocycles. The van der Waals surface area contributed by atoms with Gasteiger partial charge in [-0.2, -0.15) is 0 Å². The van der Waals surface area contributed by atoms with Crippen molar-refractivity contribution in [2.75, 3.05) is 20.2 Å². The average Bonchev–Trinajstić information content (AvgIpc) is 2.16. The SMILES string of the molecule is CO/N=C(\c1ccccc1)N1CCC1. The van der Waals surface area contributed by atoms with Crippen LogP contribution in [-0.4, -0.2) is 30.9 Å². The summed E-state index contributed by atoms with van der Waals surface area (Å²) in [6, 6.07) is 10.1. The fraction of sp³-hybridized carbons (Fsp3) is 0.364. The van der Waals surface area contributed by atoms with Gasteiger partial charge in [0.15, 0.2) is 5.84 Å². The second kappa shape index (κ2) is 4.13. The van der Waals surface area contributed by atoms with E-state index in [0.717, 1.165) is 24.5 Å². The van der Waals surface area contributed by atoms with E-state index in [1.54, 1.807) is 7.11 Å². The predicted octanol–water partition coefficient (Wildman–Crippen LogP) is 1.70. The second-order valence-corrected chi connectivity index (χ2v) is 3.30. The summed E-state index contributed by atoms with van der Waals surface area (Å²) in [6.45, 7) is 2.16. The molecule has 1 aromatic rings. The number of amidine groups is 1. The van der Waals surface area contributed by atoms with Crippen molar-refractivity contribution in [3.05, 3.63) is 35.9 Å². The topological polar surface area (TPSA) is 24.8 Å². The third-order valence-corrected chi connectivity index (χ3v) is 2.37. The van der Waals surface area contributed by atoms with Crippen LogP contribution in [0.2, 0.25) is 0 Å². The van der Waals surface area contributed by atoms with Gasteiger partial charge >= 0.3 is 0 Å². The Bertz CT molecular complexity index is 317. The molecule has 2 rings (SSSR count). The van der Waals surface area contributed by atoms with E-state index in [0.29, 0.717) is 0 Å². The number of likely N-dealkylation sites (tertiary alicyclic amines) is 1. The first-order valence-corrected chi connectivity index (χ1v) is 4.83. The van der Waals surface area contributed by atoms with Gasteiger partial charge in [-0.25, -0.2) is 0 Å². The Morgan fingerprint density at radius 2 is 2.00 bits per heavy atom. The van der Waals surface area contributed by atoms with Gasteiger partial charge in [-0.1, -0.05) is 35.5 Å².